The zero-order chi connectivity index (χ0) is 14.5. The second-order valence-electron chi connectivity index (χ2n) is 4.84. The lowest BCUT2D eigenvalue weighted by molar-refractivity contribution is 0.397. The molecule has 3 nitrogen and oxygen atoms in total. The van der Waals surface area contributed by atoms with Gasteiger partial charge in [-0.25, -0.2) is 0 Å². The monoisotopic (exact) mass is 271 g/mol. The van der Waals surface area contributed by atoms with E-state index in [2.05, 4.69) is 43.4 Å². The van der Waals surface area contributed by atoms with E-state index in [9.17, 15) is 0 Å². The summed E-state index contributed by atoms with van der Waals surface area (Å²) in [4.78, 5) is 0. The molecule has 0 bridgehead atoms. The third kappa shape index (κ3) is 3.23. The fourth-order valence-electron chi connectivity index (χ4n) is 2.16. The van der Waals surface area contributed by atoms with Crippen molar-refractivity contribution in [2.75, 3.05) is 19.5 Å². The van der Waals surface area contributed by atoms with Gasteiger partial charge in [0.05, 0.1) is 20.3 Å². The van der Waals surface area contributed by atoms with E-state index in [1.54, 1.807) is 14.2 Å². The Bertz CT molecular complexity index is 564. The van der Waals surface area contributed by atoms with Gasteiger partial charge >= 0.3 is 0 Å². The largest absolute Gasteiger partial charge is 0.497 e. The summed E-state index contributed by atoms with van der Waals surface area (Å²) in [5.41, 5.74) is 3.42. The highest BCUT2D eigenvalue weighted by Gasteiger charge is 2.12. The first-order valence-electron chi connectivity index (χ1n) is 6.69. The summed E-state index contributed by atoms with van der Waals surface area (Å²) in [7, 11) is 3.35. The van der Waals surface area contributed by atoms with Gasteiger partial charge in [-0.1, -0.05) is 17.7 Å². The molecule has 0 heterocycles. The van der Waals surface area contributed by atoms with Gasteiger partial charge in [-0.2, -0.15) is 0 Å². The van der Waals surface area contributed by atoms with Gasteiger partial charge in [0.2, 0.25) is 0 Å². The first-order chi connectivity index (χ1) is 9.63. The van der Waals surface area contributed by atoms with Crippen LogP contribution in [0.3, 0.4) is 0 Å². The highest BCUT2D eigenvalue weighted by molar-refractivity contribution is 5.50. The van der Waals surface area contributed by atoms with Gasteiger partial charge in [0.15, 0.2) is 0 Å². The molecule has 0 aliphatic carbocycles. The molecule has 0 saturated carbocycles. The number of methoxy groups -OCH3 is 2. The zero-order valence-electron chi connectivity index (χ0n) is 12.4. The molecule has 0 amide bonds. The molecule has 2 aromatic rings. The number of benzene rings is 2. The maximum Gasteiger partial charge on any atom is 0.124 e. The Balaban J connectivity index is 2.23. The number of anilines is 1. The molecule has 20 heavy (non-hydrogen) atoms. The third-order valence-electron chi connectivity index (χ3n) is 3.34. The Labute approximate surface area is 120 Å². The summed E-state index contributed by atoms with van der Waals surface area (Å²) in [5, 5.41) is 3.48. The Morgan fingerprint density at radius 1 is 0.950 bits per heavy atom. The van der Waals surface area contributed by atoms with Crippen molar-refractivity contribution in [1.82, 2.24) is 0 Å². The van der Waals surface area contributed by atoms with Crippen molar-refractivity contribution >= 4 is 5.69 Å². The van der Waals surface area contributed by atoms with Crippen molar-refractivity contribution in [3.8, 4) is 11.5 Å². The first-order valence-corrected chi connectivity index (χ1v) is 6.69. The van der Waals surface area contributed by atoms with Crippen LogP contribution < -0.4 is 14.8 Å². The summed E-state index contributed by atoms with van der Waals surface area (Å²) < 4.78 is 10.7. The normalized spacial score (nSPS) is 11.8. The first kappa shape index (κ1) is 14.3. The van der Waals surface area contributed by atoms with Crippen LogP contribution >= 0.6 is 0 Å². The van der Waals surface area contributed by atoms with Gasteiger partial charge in [0, 0.05) is 11.3 Å². The number of rotatable bonds is 5. The highest BCUT2D eigenvalue weighted by Crippen LogP contribution is 2.31. The van der Waals surface area contributed by atoms with Crippen molar-refractivity contribution < 1.29 is 9.47 Å². The fourth-order valence-corrected chi connectivity index (χ4v) is 2.16. The summed E-state index contributed by atoms with van der Waals surface area (Å²) in [5.74, 6) is 1.69. The molecule has 106 valence electrons. The minimum Gasteiger partial charge on any atom is -0.497 e. The molecule has 0 aliphatic rings. The molecule has 2 aromatic carbocycles. The van der Waals surface area contributed by atoms with Crippen LogP contribution in [-0.2, 0) is 0 Å². The predicted molar refractivity (Wildman–Crippen MR) is 82.8 cm³/mol. The van der Waals surface area contributed by atoms with Gasteiger partial charge in [-0.05, 0) is 44.2 Å². The van der Waals surface area contributed by atoms with Crippen LogP contribution in [0.5, 0.6) is 11.5 Å². The standard InChI is InChI=1S/C17H21NO2/c1-12-5-7-14(8-6-12)18-13(2)16-11-15(19-3)9-10-17(16)20-4/h5-11,13,18H,1-4H3. The quantitative estimate of drug-likeness (QED) is 0.884. The maximum absolute atomic E-state index is 5.43. The van der Waals surface area contributed by atoms with Crippen molar-refractivity contribution in [1.29, 1.82) is 0 Å². The van der Waals surface area contributed by atoms with Crippen LogP contribution in [0, 0.1) is 6.92 Å². The van der Waals surface area contributed by atoms with E-state index in [1.807, 2.05) is 18.2 Å². The molecular formula is C17H21NO2. The van der Waals surface area contributed by atoms with Crippen LogP contribution in [0.4, 0.5) is 5.69 Å². The van der Waals surface area contributed by atoms with E-state index < -0.39 is 0 Å². The molecular weight excluding hydrogens is 250 g/mol. The average Bonchev–Trinajstić information content (AvgIpc) is 2.48. The number of hydrogen-bond acceptors (Lipinski definition) is 3. The molecule has 0 aromatic heterocycles. The van der Waals surface area contributed by atoms with E-state index in [4.69, 9.17) is 9.47 Å². The number of aryl methyl sites for hydroxylation is 1. The van der Waals surface area contributed by atoms with E-state index in [-0.39, 0.29) is 6.04 Å². The summed E-state index contributed by atoms with van der Waals surface area (Å²) >= 11 is 0. The van der Waals surface area contributed by atoms with Crippen LogP contribution in [0.1, 0.15) is 24.1 Å². The summed E-state index contributed by atoms with van der Waals surface area (Å²) in [6.07, 6.45) is 0. The molecule has 0 spiro atoms. The SMILES string of the molecule is COc1ccc(OC)c(C(C)Nc2ccc(C)cc2)c1. The van der Waals surface area contributed by atoms with Gasteiger partial charge in [0.1, 0.15) is 11.5 Å². The zero-order valence-corrected chi connectivity index (χ0v) is 12.4. The second-order valence-corrected chi connectivity index (χ2v) is 4.84. The van der Waals surface area contributed by atoms with Crippen molar-refractivity contribution in [2.45, 2.75) is 19.9 Å². The molecule has 1 unspecified atom stereocenters. The highest BCUT2D eigenvalue weighted by atomic mass is 16.5. The molecule has 0 saturated heterocycles. The maximum atomic E-state index is 5.43. The Kier molecular flexibility index (Phi) is 4.51. The van der Waals surface area contributed by atoms with E-state index in [0.717, 1.165) is 22.7 Å². The Morgan fingerprint density at radius 3 is 2.25 bits per heavy atom. The molecule has 0 aliphatic heterocycles. The van der Waals surface area contributed by atoms with Crippen molar-refractivity contribution in [3.05, 3.63) is 53.6 Å². The molecule has 2 rings (SSSR count). The second kappa shape index (κ2) is 6.33. The van der Waals surface area contributed by atoms with Crippen molar-refractivity contribution in [2.24, 2.45) is 0 Å². The topological polar surface area (TPSA) is 30.5 Å². The van der Waals surface area contributed by atoms with E-state index in [0.29, 0.717) is 0 Å². The lowest BCUT2D eigenvalue weighted by Crippen LogP contribution is -2.08. The van der Waals surface area contributed by atoms with Crippen molar-refractivity contribution in [3.63, 3.8) is 0 Å². The molecule has 3 heteroatoms. The minimum atomic E-state index is 0.128. The van der Waals surface area contributed by atoms with Gasteiger partial charge in [-0.3, -0.25) is 0 Å². The molecule has 1 atom stereocenters. The van der Waals surface area contributed by atoms with Crippen LogP contribution in [0.25, 0.3) is 0 Å². The van der Waals surface area contributed by atoms with E-state index >= 15 is 0 Å². The lowest BCUT2D eigenvalue weighted by atomic mass is 10.1. The van der Waals surface area contributed by atoms with E-state index in [1.165, 1.54) is 5.56 Å². The predicted octanol–water partition coefficient (Wildman–Crippen LogP) is 4.19. The molecule has 1 N–H and O–H groups in total. The van der Waals surface area contributed by atoms with Crippen LogP contribution in [0.15, 0.2) is 42.5 Å². The fraction of sp³-hybridized carbons (Fsp3) is 0.294. The Hall–Kier alpha value is -2.16. The number of hydrogen-bond donors (Lipinski definition) is 1. The summed E-state index contributed by atoms with van der Waals surface area (Å²) in [6.45, 7) is 4.19. The summed E-state index contributed by atoms with van der Waals surface area (Å²) in [6, 6.07) is 14.3. The van der Waals surface area contributed by atoms with Gasteiger partial charge in [-0.15, -0.1) is 0 Å². The average molecular weight is 271 g/mol. The molecule has 0 radical (unpaired) electrons. The van der Waals surface area contributed by atoms with Gasteiger partial charge < -0.3 is 14.8 Å². The number of nitrogens with one attached hydrogen (secondary N) is 1. The van der Waals surface area contributed by atoms with Crippen LogP contribution in [-0.4, -0.2) is 14.2 Å². The Morgan fingerprint density at radius 2 is 1.65 bits per heavy atom. The van der Waals surface area contributed by atoms with Gasteiger partial charge in [0.25, 0.3) is 0 Å². The third-order valence-corrected chi connectivity index (χ3v) is 3.34. The lowest BCUT2D eigenvalue weighted by Gasteiger charge is -2.19. The minimum absolute atomic E-state index is 0.128. The van der Waals surface area contributed by atoms with Crippen LogP contribution in [0.2, 0.25) is 0 Å². The number of ether oxygens (including phenoxy) is 2. The smallest absolute Gasteiger partial charge is 0.124 e. The molecule has 0 fully saturated rings.